The Balaban J connectivity index is 3.22. The van der Waals surface area contributed by atoms with E-state index in [-0.39, 0.29) is 5.97 Å². The van der Waals surface area contributed by atoms with Gasteiger partial charge in [-0.05, 0) is 37.1 Å². The maximum absolute atomic E-state index is 11.3. The van der Waals surface area contributed by atoms with E-state index in [9.17, 15) is 4.79 Å². The van der Waals surface area contributed by atoms with E-state index in [1.165, 1.54) is 103 Å². The van der Waals surface area contributed by atoms with Gasteiger partial charge in [-0.2, -0.15) is 0 Å². The molecule has 0 bridgehead atoms. The van der Waals surface area contributed by atoms with E-state index in [1.54, 1.807) is 6.92 Å². The highest BCUT2D eigenvalue weighted by atomic mass is 28.2. The fraction of sp³-hybridized carbons (Fsp3) is 0.893. The average Bonchev–Trinajstić information content (AvgIpc) is 2.71. The summed E-state index contributed by atoms with van der Waals surface area (Å²) in [7, 11) is 0.303. The fourth-order valence-electron chi connectivity index (χ4n) is 4.52. The molecular formula is C28H54O2Si. The first-order chi connectivity index (χ1) is 14.9. The topological polar surface area (TPSA) is 26.3 Å². The Morgan fingerprint density at radius 3 is 1.39 bits per heavy atom. The summed E-state index contributed by atoms with van der Waals surface area (Å²) in [5.74, 6) is 2.35. The van der Waals surface area contributed by atoms with Crippen molar-refractivity contribution < 1.29 is 9.22 Å². The molecule has 2 radical (unpaired) electrons. The molecule has 0 aliphatic heterocycles. The van der Waals surface area contributed by atoms with E-state index in [0.29, 0.717) is 15.3 Å². The molecule has 0 amide bonds. The SMILES string of the molecule is C=C(C)C(=O)O[Si]CCCCCCCCCCCCCCCCCC(C(C)C)C(C)C. The van der Waals surface area contributed by atoms with Gasteiger partial charge in [0.25, 0.3) is 0 Å². The predicted molar refractivity (Wildman–Crippen MR) is 139 cm³/mol. The van der Waals surface area contributed by atoms with Crippen molar-refractivity contribution in [3.05, 3.63) is 12.2 Å². The van der Waals surface area contributed by atoms with E-state index < -0.39 is 0 Å². The molecule has 0 aromatic heterocycles. The van der Waals surface area contributed by atoms with Crippen molar-refractivity contribution in [3.63, 3.8) is 0 Å². The van der Waals surface area contributed by atoms with Crippen LogP contribution in [0.25, 0.3) is 0 Å². The number of rotatable bonds is 22. The van der Waals surface area contributed by atoms with Crippen molar-refractivity contribution in [2.75, 3.05) is 0 Å². The zero-order chi connectivity index (χ0) is 23.3. The highest BCUT2D eigenvalue weighted by Crippen LogP contribution is 2.26. The van der Waals surface area contributed by atoms with Crippen molar-refractivity contribution in [2.45, 2.75) is 143 Å². The zero-order valence-corrected chi connectivity index (χ0v) is 22.8. The van der Waals surface area contributed by atoms with Crippen LogP contribution in [-0.2, 0) is 9.22 Å². The molecule has 3 heteroatoms. The van der Waals surface area contributed by atoms with Crippen LogP contribution >= 0.6 is 0 Å². The lowest BCUT2D eigenvalue weighted by Crippen LogP contribution is -2.15. The third-order valence-corrected chi connectivity index (χ3v) is 7.43. The number of carbonyl (C=O) groups is 1. The summed E-state index contributed by atoms with van der Waals surface area (Å²) >= 11 is 0. The Bertz CT molecular complexity index is 423. The smallest absolute Gasteiger partial charge is 0.319 e. The molecule has 0 aromatic carbocycles. The predicted octanol–water partition coefficient (Wildman–Crippen LogP) is 9.31. The molecule has 0 aliphatic rings. The largest absolute Gasteiger partial charge is 0.513 e. The van der Waals surface area contributed by atoms with Crippen LogP contribution in [0.4, 0.5) is 0 Å². The number of unbranched alkanes of at least 4 members (excludes halogenated alkanes) is 14. The Kier molecular flexibility index (Phi) is 20.9. The summed E-state index contributed by atoms with van der Waals surface area (Å²) in [6, 6.07) is 1.01. The molecule has 0 spiro atoms. The molecule has 182 valence electrons. The first-order valence-corrected chi connectivity index (χ1v) is 14.6. The summed E-state index contributed by atoms with van der Waals surface area (Å²) in [5, 5.41) is 0. The van der Waals surface area contributed by atoms with Gasteiger partial charge >= 0.3 is 15.7 Å². The maximum Gasteiger partial charge on any atom is 0.319 e. The first-order valence-electron chi connectivity index (χ1n) is 13.5. The van der Waals surface area contributed by atoms with Crippen LogP contribution in [0.1, 0.15) is 137 Å². The second-order valence-electron chi connectivity index (χ2n) is 10.3. The van der Waals surface area contributed by atoms with Crippen molar-refractivity contribution in [2.24, 2.45) is 17.8 Å². The van der Waals surface area contributed by atoms with Gasteiger partial charge in [-0.3, -0.25) is 0 Å². The molecule has 0 N–H and O–H groups in total. The minimum atomic E-state index is -0.241. The van der Waals surface area contributed by atoms with Gasteiger partial charge in [0.15, 0.2) is 0 Å². The van der Waals surface area contributed by atoms with Crippen LogP contribution in [0, 0.1) is 17.8 Å². The maximum atomic E-state index is 11.3. The Hall–Kier alpha value is -0.573. The van der Waals surface area contributed by atoms with Crippen LogP contribution < -0.4 is 0 Å². The monoisotopic (exact) mass is 450 g/mol. The molecule has 0 saturated heterocycles. The zero-order valence-electron chi connectivity index (χ0n) is 21.8. The van der Waals surface area contributed by atoms with E-state index in [1.807, 2.05) is 0 Å². The fourth-order valence-corrected chi connectivity index (χ4v) is 5.32. The Morgan fingerprint density at radius 2 is 1.03 bits per heavy atom. The van der Waals surface area contributed by atoms with Gasteiger partial charge in [-0.25, -0.2) is 4.79 Å². The summed E-state index contributed by atoms with van der Waals surface area (Å²) in [4.78, 5) is 11.3. The standard InChI is InChI=1S/C28H54O2Si/c1-24(2)27(25(3)4)22-20-18-16-14-12-10-8-7-9-11-13-15-17-19-21-23-31-30-28(29)26(5)6/h24-25,27H,5,7-23H2,1-4,6H3. The number of hydrogen-bond donors (Lipinski definition) is 0. The Morgan fingerprint density at radius 1 is 0.677 bits per heavy atom. The summed E-state index contributed by atoms with van der Waals surface area (Å²) in [5.41, 5.74) is 0.500. The third-order valence-electron chi connectivity index (χ3n) is 6.54. The van der Waals surface area contributed by atoms with Crippen molar-refractivity contribution >= 4 is 15.7 Å². The van der Waals surface area contributed by atoms with Crippen LogP contribution in [0.5, 0.6) is 0 Å². The highest BCUT2D eigenvalue weighted by molar-refractivity contribution is 6.31. The van der Waals surface area contributed by atoms with Crippen molar-refractivity contribution in [3.8, 4) is 0 Å². The van der Waals surface area contributed by atoms with Crippen molar-refractivity contribution in [1.82, 2.24) is 0 Å². The van der Waals surface area contributed by atoms with E-state index in [4.69, 9.17) is 4.43 Å². The lowest BCUT2D eigenvalue weighted by Gasteiger charge is -2.24. The number of hydrogen-bond acceptors (Lipinski definition) is 2. The van der Waals surface area contributed by atoms with Gasteiger partial charge in [0.05, 0.1) is 0 Å². The molecule has 2 nitrogen and oxygen atoms in total. The van der Waals surface area contributed by atoms with Crippen LogP contribution in [-0.4, -0.2) is 15.7 Å². The lowest BCUT2D eigenvalue weighted by molar-refractivity contribution is -0.130. The molecule has 0 aromatic rings. The minimum absolute atomic E-state index is 0.241. The van der Waals surface area contributed by atoms with Crippen molar-refractivity contribution in [1.29, 1.82) is 0 Å². The molecule has 0 atom stereocenters. The van der Waals surface area contributed by atoms with Gasteiger partial charge in [-0.15, -0.1) is 0 Å². The molecule has 0 fully saturated rings. The summed E-state index contributed by atoms with van der Waals surface area (Å²) in [6.45, 7) is 14.9. The lowest BCUT2D eigenvalue weighted by atomic mass is 9.81. The summed E-state index contributed by atoms with van der Waals surface area (Å²) in [6.07, 6.45) is 22.3. The molecule has 0 heterocycles. The van der Waals surface area contributed by atoms with E-state index in [0.717, 1.165) is 23.8 Å². The Labute approximate surface area is 198 Å². The molecule has 31 heavy (non-hydrogen) atoms. The van der Waals surface area contributed by atoms with Gasteiger partial charge in [0.1, 0.15) is 0 Å². The molecular weight excluding hydrogens is 396 g/mol. The average molecular weight is 451 g/mol. The van der Waals surface area contributed by atoms with Gasteiger partial charge in [0.2, 0.25) is 0 Å². The minimum Gasteiger partial charge on any atom is -0.513 e. The van der Waals surface area contributed by atoms with E-state index >= 15 is 0 Å². The van der Waals surface area contributed by atoms with Crippen LogP contribution in [0.3, 0.4) is 0 Å². The van der Waals surface area contributed by atoms with Gasteiger partial charge < -0.3 is 4.43 Å². The number of carbonyl (C=O) groups excluding carboxylic acids is 1. The molecule has 0 aliphatic carbocycles. The third kappa shape index (κ3) is 19.8. The quantitative estimate of drug-likeness (QED) is 0.0932. The second kappa shape index (κ2) is 21.3. The van der Waals surface area contributed by atoms with Gasteiger partial charge in [0, 0.05) is 5.57 Å². The molecule has 0 rings (SSSR count). The molecule has 0 saturated carbocycles. The first kappa shape index (κ1) is 30.4. The second-order valence-corrected chi connectivity index (χ2v) is 11.3. The van der Waals surface area contributed by atoms with Crippen LogP contribution in [0.15, 0.2) is 12.2 Å². The normalized spacial score (nSPS) is 11.6. The van der Waals surface area contributed by atoms with Gasteiger partial charge in [-0.1, -0.05) is 131 Å². The molecule has 0 unspecified atom stereocenters. The van der Waals surface area contributed by atoms with Crippen LogP contribution in [0.2, 0.25) is 6.04 Å². The summed E-state index contributed by atoms with van der Waals surface area (Å²) < 4.78 is 5.14. The van der Waals surface area contributed by atoms with E-state index in [2.05, 4.69) is 34.3 Å². The highest BCUT2D eigenvalue weighted by Gasteiger charge is 2.16.